The molecule has 0 saturated carbocycles. The van der Waals surface area contributed by atoms with E-state index in [9.17, 15) is 0 Å². The Bertz CT molecular complexity index is 140. The SMILES string of the molecule is CC1(C)CCSC(N)=N1. The van der Waals surface area contributed by atoms with Gasteiger partial charge >= 0.3 is 0 Å². The number of nitrogens with zero attached hydrogens (tertiary/aromatic N) is 1. The summed E-state index contributed by atoms with van der Waals surface area (Å²) < 4.78 is 0. The fourth-order valence-corrected chi connectivity index (χ4v) is 1.91. The molecule has 0 bridgehead atoms. The molecule has 0 aliphatic carbocycles. The summed E-state index contributed by atoms with van der Waals surface area (Å²) in [6, 6.07) is 0. The molecule has 1 rings (SSSR count). The summed E-state index contributed by atoms with van der Waals surface area (Å²) >= 11 is 1.65. The Labute approximate surface area is 59.9 Å². The number of thioether (sulfide) groups is 1. The maximum absolute atomic E-state index is 5.52. The normalized spacial score (nSPS) is 25.3. The van der Waals surface area contributed by atoms with Gasteiger partial charge in [-0.15, -0.1) is 0 Å². The van der Waals surface area contributed by atoms with E-state index in [4.69, 9.17) is 5.73 Å². The quantitative estimate of drug-likeness (QED) is 0.555. The van der Waals surface area contributed by atoms with Gasteiger partial charge in [0.05, 0.1) is 5.54 Å². The van der Waals surface area contributed by atoms with Crippen molar-refractivity contribution in [2.45, 2.75) is 25.8 Å². The monoisotopic (exact) mass is 144 g/mol. The fourth-order valence-electron chi connectivity index (χ4n) is 0.792. The van der Waals surface area contributed by atoms with Crippen molar-refractivity contribution in [3.8, 4) is 0 Å². The van der Waals surface area contributed by atoms with Crippen LogP contribution >= 0.6 is 11.8 Å². The van der Waals surface area contributed by atoms with Crippen molar-refractivity contribution in [3.05, 3.63) is 0 Å². The Morgan fingerprint density at radius 3 is 2.67 bits per heavy atom. The molecule has 9 heavy (non-hydrogen) atoms. The Morgan fingerprint density at radius 1 is 1.67 bits per heavy atom. The zero-order chi connectivity index (χ0) is 6.91. The molecule has 0 aromatic rings. The predicted molar refractivity (Wildman–Crippen MR) is 42.8 cm³/mol. The van der Waals surface area contributed by atoms with E-state index in [1.165, 1.54) is 0 Å². The van der Waals surface area contributed by atoms with Gasteiger partial charge in [0.25, 0.3) is 0 Å². The van der Waals surface area contributed by atoms with Crippen LogP contribution in [0.3, 0.4) is 0 Å². The van der Waals surface area contributed by atoms with Crippen LogP contribution in [0.25, 0.3) is 0 Å². The third kappa shape index (κ3) is 1.90. The van der Waals surface area contributed by atoms with Crippen molar-refractivity contribution in [1.29, 1.82) is 0 Å². The highest BCUT2D eigenvalue weighted by Crippen LogP contribution is 2.23. The van der Waals surface area contributed by atoms with Crippen LogP contribution in [0.2, 0.25) is 0 Å². The molecule has 1 aliphatic rings. The van der Waals surface area contributed by atoms with E-state index < -0.39 is 0 Å². The standard InChI is InChI=1S/C6H12N2S/c1-6(2)3-4-9-5(7)8-6/h3-4H2,1-2H3,(H2,7,8). The van der Waals surface area contributed by atoms with Crippen LogP contribution in [-0.2, 0) is 0 Å². The summed E-state index contributed by atoms with van der Waals surface area (Å²) in [5, 5.41) is 0.742. The second kappa shape index (κ2) is 2.21. The lowest BCUT2D eigenvalue weighted by Gasteiger charge is -2.23. The van der Waals surface area contributed by atoms with Crippen molar-refractivity contribution in [2.24, 2.45) is 10.7 Å². The Hall–Kier alpha value is -0.180. The Morgan fingerprint density at radius 2 is 2.33 bits per heavy atom. The van der Waals surface area contributed by atoms with Crippen LogP contribution in [-0.4, -0.2) is 16.5 Å². The van der Waals surface area contributed by atoms with E-state index >= 15 is 0 Å². The lowest BCUT2D eigenvalue weighted by Crippen LogP contribution is -2.27. The minimum absolute atomic E-state index is 0.0926. The van der Waals surface area contributed by atoms with E-state index in [0.29, 0.717) is 0 Å². The lowest BCUT2D eigenvalue weighted by atomic mass is 10.0. The smallest absolute Gasteiger partial charge is 0.154 e. The molecule has 52 valence electrons. The number of aliphatic imine (C=N–C) groups is 1. The molecular weight excluding hydrogens is 132 g/mol. The molecule has 0 radical (unpaired) electrons. The van der Waals surface area contributed by atoms with Gasteiger partial charge < -0.3 is 5.73 Å². The van der Waals surface area contributed by atoms with E-state index in [0.717, 1.165) is 17.3 Å². The summed E-state index contributed by atoms with van der Waals surface area (Å²) in [5.74, 6) is 1.11. The van der Waals surface area contributed by atoms with Gasteiger partial charge in [0.15, 0.2) is 5.17 Å². The maximum Gasteiger partial charge on any atom is 0.154 e. The first-order chi connectivity index (χ1) is 4.10. The molecule has 2 N–H and O–H groups in total. The van der Waals surface area contributed by atoms with Gasteiger partial charge in [-0.05, 0) is 20.3 Å². The van der Waals surface area contributed by atoms with Crippen molar-refractivity contribution in [2.75, 3.05) is 5.75 Å². The number of hydrogen-bond donors (Lipinski definition) is 1. The summed E-state index contributed by atoms with van der Waals surface area (Å²) in [5.41, 5.74) is 5.62. The van der Waals surface area contributed by atoms with Gasteiger partial charge in [-0.3, -0.25) is 4.99 Å². The average Bonchev–Trinajstić information content (AvgIpc) is 1.60. The van der Waals surface area contributed by atoms with E-state index in [2.05, 4.69) is 18.8 Å². The number of nitrogens with two attached hydrogens (primary N) is 1. The van der Waals surface area contributed by atoms with E-state index in [1.807, 2.05) is 0 Å². The van der Waals surface area contributed by atoms with E-state index in [1.54, 1.807) is 11.8 Å². The van der Waals surface area contributed by atoms with E-state index in [-0.39, 0.29) is 5.54 Å². The first-order valence-electron chi connectivity index (χ1n) is 3.08. The highest BCUT2D eigenvalue weighted by molar-refractivity contribution is 8.13. The second-order valence-electron chi connectivity index (χ2n) is 2.86. The predicted octanol–water partition coefficient (Wildman–Crippen LogP) is 1.22. The molecule has 0 atom stereocenters. The van der Waals surface area contributed by atoms with Crippen molar-refractivity contribution >= 4 is 16.9 Å². The van der Waals surface area contributed by atoms with Crippen molar-refractivity contribution in [1.82, 2.24) is 0 Å². The maximum atomic E-state index is 5.52. The van der Waals surface area contributed by atoms with Crippen LogP contribution in [0, 0.1) is 0 Å². The van der Waals surface area contributed by atoms with Gasteiger partial charge in [-0.25, -0.2) is 0 Å². The average molecular weight is 144 g/mol. The van der Waals surface area contributed by atoms with Crippen LogP contribution in [0.15, 0.2) is 4.99 Å². The Balaban J connectivity index is 2.68. The highest BCUT2D eigenvalue weighted by Gasteiger charge is 2.20. The first-order valence-corrected chi connectivity index (χ1v) is 4.07. The molecule has 0 fully saturated rings. The molecular formula is C6H12N2S. The molecule has 2 nitrogen and oxygen atoms in total. The van der Waals surface area contributed by atoms with Crippen LogP contribution in [0.1, 0.15) is 20.3 Å². The van der Waals surface area contributed by atoms with Crippen LogP contribution in [0.5, 0.6) is 0 Å². The third-order valence-corrected chi connectivity index (χ3v) is 2.17. The first kappa shape index (κ1) is 6.93. The van der Waals surface area contributed by atoms with Crippen LogP contribution < -0.4 is 5.73 Å². The summed E-state index contributed by atoms with van der Waals surface area (Å²) in [6.45, 7) is 4.22. The third-order valence-electron chi connectivity index (χ3n) is 1.38. The molecule has 0 unspecified atom stereocenters. The van der Waals surface area contributed by atoms with Crippen LogP contribution in [0.4, 0.5) is 0 Å². The molecule has 0 saturated heterocycles. The van der Waals surface area contributed by atoms with Crippen molar-refractivity contribution in [3.63, 3.8) is 0 Å². The largest absolute Gasteiger partial charge is 0.379 e. The molecule has 0 aromatic carbocycles. The number of hydrogen-bond acceptors (Lipinski definition) is 3. The van der Waals surface area contributed by atoms with Crippen molar-refractivity contribution < 1.29 is 0 Å². The molecule has 0 amide bonds. The number of amidine groups is 1. The minimum Gasteiger partial charge on any atom is -0.379 e. The minimum atomic E-state index is 0.0926. The summed E-state index contributed by atoms with van der Waals surface area (Å²) in [7, 11) is 0. The molecule has 3 heteroatoms. The lowest BCUT2D eigenvalue weighted by molar-refractivity contribution is 0.507. The van der Waals surface area contributed by atoms with Gasteiger partial charge in [0, 0.05) is 5.75 Å². The zero-order valence-corrected chi connectivity index (χ0v) is 6.66. The summed E-state index contributed by atoms with van der Waals surface area (Å²) in [6.07, 6.45) is 1.14. The summed E-state index contributed by atoms with van der Waals surface area (Å²) in [4.78, 5) is 4.27. The molecule has 0 spiro atoms. The highest BCUT2D eigenvalue weighted by atomic mass is 32.2. The molecule has 1 heterocycles. The van der Waals surface area contributed by atoms with Gasteiger partial charge in [0.2, 0.25) is 0 Å². The van der Waals surface area contributed by atoms with Gasteiger partial charge in [-0.1, -0.05) is 11.8 Å². The molecule has 1 aliphatic heterocycles. The fraction of sp³-hybridized carbons (Fsp3) is 0.833. The molecule has 0 aromatic heterocycles. The Kier molecular flexibility index (Phi) is 1.70. The number of rotatable bonds is 0. The second-order valence-corrected chi connectivity index (χ2v) is 3.98. The topological polar surface area (TPSA) is 38.4 Å². The van der Waals surface area contributed by atoms with Gasteiger partial charge in [-0.2, -0.15) is 0 Å². The van der Waals surface area contributed by atoms with Gasteiger partial charge in [0.1, 0.15) is 0 Å². The zero-order valence-electron chi connectivity index (χ0n) is 5.85.